The van der Waals surface area contributed by atoms with Crippen LogP contribution in [-0.4, -0.2) is 0 Å². The molecule has 0 unspecified atom stereocenters. The van der Waals surface area contributed by atoms with E-state index in [4.69, 9.17) is 0 Å². The van der Waals surface area contributed by atoms with E-state index in [-0.39, 0.29) is 0 Å². The minimum Gasteiger partial charge on any atom is -0.0502 e. The molecule has 0 fully saturated rings. The van der Waals surface area contributed by atoms with Crippen LogP contribution in [0.4, 0.5) is 0 Å². The Labute approximate surface area is 83.1 Å². The van der Waals surface area contributed by atoms with E-state index in [1.807, 2.05) is 0 Å². The van der Waals surface area contributed by atoms with Crippen LogP contribution < -0.4 is 0 Å². The number of halogens is 1. The van der Waals surface area contributed by atoms with Gasteiger partial charge >= 0.3 is 0 Å². The lowest BCUT2D eigenvalue weighted by molar-refractivity contribution is 1.16. The largest absolute Gasteiger partial charge is 0.0502 e. The fraction of sp³-hybridized carbons (Fsp3) is 0.455. The third kappa shape index (κ3) is 1.31. The third-order valence-electron chi connectivity index (χ3n) is 2.91. The third-order valence-corrected chi connectivity index (χ3v) is 4.10. The van der Waals surface area contributed by atoms with Crippen LogP contribution in [0.25, 0.3) is 0 Å². The summed E-state index contributed by atoms with van der Waals surface area (Å²) in [6.07, 6.45) is 0. The first-order valence-electron chi connectivity index (χ1n) is 4.19. The van der Waals surface area contributed by atoms with Crippen LogP contribution in [0.3, 0.4) is 0 Å². The fourth-order valence-electron chi connectivity index (χ4n) is 1.45. The molecule has 0 radical (unpaired) electrons. The van der Waals surface area contributed by atoms with Crippen LogP contribution in [0.5, 0.6) is 0 Å². The zero-order valence-electron chi connectivity index (χ0n) is 8.38. The Morgan fingerprint density at radius 1 is 0.583 bits per heavy atom. The van der Waals surface area contributed by atoms with Crippen molar-refractivity contribution in [1.82, 2.24) is 0 Å². The summed E-state index contributed by atoms with van der Waals surface area (Å²) in [5, 5.41) is 0. The van der Waals surface area contributed by atoms with Gasteiger partial charge < -0.3 is 0 Å². The second kappa shape index (κ2) is 3.21. The van der Waals surface area contributed by atoms with Crippen molar-refractivity contribution in [3.63, 3.8) is 0 Å². The van der Waals surface area contributed by atoms with E-state index < -0.39 is 0 Å². The van der Waals surface area contributed by atoms with Crippen molar-refractivity contribution in [2.45, 2.75) is 34.6 Å². The van der Waals surface area contributed by atoms with Crippen molar-refractivity contribution in [1.29, 1.82) is 0 Å². The minimum atomic E-state index is 1.27. The molecule has 0 bridgehead atoms. The molecule has 0 aliphatic carbocycles. The van der Waals surface area contributed by atoms with Gasteiger partial charge in [-0.25, -0.2) is 0 Å². The van der Waals surface area contributed by atoms with E-state index in [9.17, 15) is 0 Å². The highest BCUT2D eigenvalue weighted by Crippen LogP contribution is 2.29. The molecule has 0 aromatic heterocycles. The summed E-state index contributed by atoms with van der Waals surface area (Å²) in [4.78, 5) is 0. The molecule has 0 aliphatic heterocycles. The molecule has 0 nitrogen and oxygen atoms in total. The monoisotopic (exact) mass is 226 g/mol. The van der Waals surface area contributed by atoms with E-state index in [1.165, 1.54) is 32.3 Å². The van der Waals surface area contributed by atoms with Gasteiger partial charge in [-0.15, -0.1) is 0 Å². The molecule has 0 heterocycles. The normalized spacial score (nSPS) is 10.5. The number of hydrogen-bond donors (Lipinski definition) is 0. The maximum Gasteiger partial charge on any atom is 0.0239 e. The lowest BCUT2D eigenvalue weighted by atomic mass is 9.95. The lowest BCUT2D eigenvalue weighted by Gasteiger charge is -2.14. The maximum atomic E-state index is 3.61. The molecule has 0 amide bonds. The van der Waals surface area contributed by atoms with Crippen LogP contribution in [-0.2, 0) is 0 Å². The minimum absolute atomic E-state index is 1.27. The van der Waals surface area contributed by atoms with Gasteiger partial charge in [-0.3, -0.25) is 0 Å². The summed E-state index contributed by atoms with van der Waals surface area (Å²) in [6, 6.07) is 0. The predicted octanol–water partition coefficient (Wildman–Crippen LogP) is 3.99. The quantitative estimate of drug-likeness (QED) is 0.628. The molecular weight excluding hydrogens is 212 g/mol. The van der Waals surface area contributed by atoms with E-state index in [0.717, 1.165) is 0 Å². The Morgan fingerprint density at radius 2 is 0.833 bits per heavy atom. The Balaban J connectivity index is 3.60. The second-order valence-electron chi connectivity index (χ2n) is 3.44. The molecule has 1 rings (SSSR count). The van der Waals surface area contributed by atoms with E-state index in [2.05, 4.69) is 50.5 Å². The number of hydrogen-bond acceptors (Lipinski definition) is 0. The molecule has 0 aliphatic rings. The topological polar surface area (TPSA) is 0 Å². The smallest absolute Gasteiger partial charge is 0.0239 e. The van der Waals surface area contributed by atoms with Crippen LogP contribution in [0.1, 0.15) is 27.8 Å². The highest BCUT2D eigenvalue weighted by atomic mass is 79.9. The summed E-state index contributed by atoms with van der Waals surface area (Å²) in [5.74, 6) is 0. The molecule has 66 valence electrons. The fourth-order valence-corrected chi connectivity index (χ4v) is 2.05. The van der Waals surface area contributed by atoms with Crippen molar-refractivity contribution in [2.75, 3.05) is 0 Å². The molecule has 0 saturated carbocycles. The molecular formula is C11H15Br. The summed E-state index contributed by atoms with van der Waals surface area (Å²) < 4.78 is 1.27. The van der Waals surface area contributed by atoms with Crippen LogP contribution in [0.15, 0.2) is 4.47 Å². The van der Waals surface area contributed by atoms with E-state index in [0.29, 0.717) is 0 Å². The maximum absolute atomic E-state index is 3.61. The Bertz CT molecular complexity index is 219. The first-order chi connectivity index (χ1) is 5.46. The highest BCUT2D eigenvalue weighted by Gasteiger charge is 2.08. The van der Waals surface area contributed by atoms with Crippen LogP contribution in [0.2, 0.25) is 0 Å². The summed E-state index contributed by atoms with van der Waals surface area (Å²) in [6.45, 7) is 10.9. The first kappa shape index (κ1) is 9.79. The van der Waals surface area contributed by atoms with Crippen LogP contribution in [0, 0.1) is 34.6 Å². The van der Waals surface area contributed by atoms with Crippen molar-refractivity contribution in [3.8, 4) is 0 Å². The van der Waals surface area contributed by atoms with Gasteiger partial charge in [-0.1, -0.05) is 15.9 Å². The molecule has 1 aromatic rings. The zero-order chi connectivity index (χ0) is 9.46. The van der Waals surface area contributed by atoms with Gasteiger partial charge in [0.15, 0.2) is 0 Å². The average Bonchev–Trinajstić information content (AvgIpc) is 2.08. The van der Waals surface area contributed by atoms with Crippen LogP contribution >= 0.6 is 15.9 Å². The van der Waals surface area contributed by atoms with Crippen molar-refractivity contribution in [3.05, 3.63) is 32.3 Å². The van der Waals surface area contributed by atoms with E-state index in [1.54, 1.807) is 0 Å². The summed E-state index contributed by atoms with van der Waals surface area (Å²) in [5.41, 5.74) is 6.98. The molecule has 1 aromatic carbocycles. The number of benzene rings is 1. The van der Waals surface area contributed by atoms with Crippen molar-refractivity contribution >= 4 is 15.9 Å². The zero-order valence-corrected chi connectivity index (χ0v) is 9.96. The molecule has 0 N–H and O–H groups in total. The second-order valence-corrected chi connectivity index (χ2v) is 4.23. The van der Waals surface area contributed by atoms with Gasteiger partial charge in [0.2, 0.25) is 0 Å². The van der Waals surface area contributed by atoms with Gasteiger partial charge in [-0.05, 0) is 62.4 Å². The van der Waals surface area contributed by atoms with Gasteiger partial charge in [0.1, 0.15) is 0 Å². The summed E-state index contributed by atoms with van der Waals surface area (Å²) >= 11 is 3.61. The predicted molar refractivity (Wildman–Crippen MR) is 57.8 cm³/mol. The average molecular weight is 227 g/mol. The molecule has 0 saturated heterocycles. The number of rotatable bonds is 0. The SMILES string of the molecule is Cc1c(C)c(C)c(Br)c(C)c1C. The highest BCUT2D eigenvalue weighted by molar-refractivity contribution is 9.10. The standard InChI is InChI=1S/C11H15Br/c1-6-7(2)9(4)11(12)10(5)8(6)3/h1-5H3. The van der Waals surface area contributed by atoms with E-state index >= 15 is 0 Å². The Kier molecular flexibility index (Phi) is 2.62. The lowest BCUT2D eigenvalue weighted by Crippen LogP contribution is -1.96. The van der Waals surface area contributed by atoms with Gasteiger partial charge in [0, 0.05) is 4.47 Å². The first-order valence-corrected chi connectivity index (χ1v) is 4.98. The molecule has 0 atom stereocenters. The van der Waals surface area contributed by atoms with Gasteiger partial charge in [-0.2, -0.15) is 0 Å². The van der Waals surface area contributed by atoms with Gasteiger partial charge in [0.25, 0.3) is 0 Å². The molecule has 1 heteroatoms. The molecule has 12 heavy (non-hydrogen) atoms. The Hall–Kier alpha value is -0.300. The van der Waals surface area contributed by atoms with Crippen molar-refractivity contribution in [2.24, 2.45) is 0 Å². The Morgan fingerprint density at radius 3 is 1.17 bits per heavy atom. The van der Waals surface area contributed by atoms with Gasteiger partial charge in [0.05, 0.1) is 0 Å². The van der Waals surface area contributed by atoms with Crippen molar-refractivity contribution < 1.29 is 0 Å². The summed E-state index contributed by atoms with van der Waals surface area (Å²) in [7, 11) is 0. The molecule has 0 spiro atoms.